The van der Waals surface area contributed by atoms with Gasteiger partial charge in [-0.05, 0) is 48.4 Å². The van der Waals surface area contributed by atoms with Crippen LogP contribution >= 0.6 is 11.6 Å². The average Bonchev–Trinajstić information content (AvgIpc) is 2.81. The minimum Gasteiger partial charge on any atom is -0.337 e. The smallest absolute Gasteiger partial charge is 0.253 e. The number of carbonyl (C=O) groups excluding carboxylic acids is 2. The molecule has 2 amide bonds. The Kier molecular flexibility index (Phi) is 6.15. The van der Waals surface area contributed by atoms with Crippen LogP contribution in [0.3, 0.4) is 0 Å². The van der Waals surface area contributed by atoms with Crippen molar-refractivity contribution in [3.63, 3.8) is 0 Å². The highest BCUT2D eigenvalue weighted by atomic mass is 35.5. The molecule has 1 N–H and O–H groups in total. The van der Waals surface area contributed by atoms with Crippen molar-refractivity contribution in [1.29, 1.82) is 0 Å². The highest BCUT2D eigenvalue weighted by Gasteiger charge is 2.34. The van der Waals surface area contributed by atoms with Crippen LogP contribution in [-0.2, 0) is 4.79 Å². The van der Waals surface area contributed by atoms with Crippen LogP contribution in [0.25, 0.3) is 0 Å². The Morgan fingerprint density at radius 3 is 2.13 bits per heavy atom. The Morgan fingerprint density at radius 2 is 1.47 bits per heavy atom. The molecule has 4 rings (SSSR count). The van der Waals surface area contributed by atoms with Crippen LogP contribution in [-0.4, -0.2) is 29.8 Å². The molecule has 0 bridgehead atoms. The van der Waals surface area contributed by atoms with Crippen LogP contribution in [0.15, 0.2) is 84.9 Å². The molecular weight excluding hydrogens is 396 g/mol. The van der Waals surface area contributed by atoms with E-state index in [4.69, 9.17) is 11.6 Å². The van der Waals surface area contributed by atoms with Crippen LogP contribution < -0.4 is 5.32 Å². The summed E-state index contributed by atoms with van der Waals surface area (Å²) in [6.07, 6.45) is 0.696. The van der Waals surface area contributed by atoms with E-state index < -0.39 is 0 Å². The molecular formula is C25H23ClN2O2. The predicted octanol–water partition coefficient (Wildman–Crippen LogP) is 5.22. The van der Waals surface area contributed by atoms with Gasteiger partial charge in [0.15, 0.2) is 0 Å². The lowest BCUT2D eigenvalue weighted by atomic mass is 9.83. The summed E-state index contributed by atoms with van der Waals surface area (Å²) in [4.78, 5) is 28.0. The van der Waals surface area contributed by atoms with E-state index in [0.717, 1.165) is 5.56 Å². The minimum absolute atomic E-state index is 0.0412. The topological polar surface area (TPSA) is 49.4 Å². The van der Waals surface area contributed by atoms with Crippen LogP contribution in [0.4, 0.5) is 5.69 Å². The van der Waals surface area contributed by atoms with E-state index in [9.17, 15) is 9.59 Å². The van der Waals surface area contributed by atoms with E-state index >= 15 is 0 Å². The first kappa shape index (κ1) is 20.2. The molecule has 30 heavy (non-hydrogen) atoms. The zero-order valence-corrected chi connectivity index (χ0v) is 17.3. The Labute approximate surface area is 181 Å². The number of hydrogen-bond acceptors (Lipinski definition) is 2. The number of nitrogens with zero attached hydrogens (tertiary/aromatic N) is 1. The molecule has 2 atom stereocenters. The molecule has 0 spiro atoms. The van der Waals surface area contributed by atoms with Crippen molar-refractivity contribution in [3.05, 3.63) is 101 Å². The van der Waals surface area contributed by atoms with Gasteiger partial charge in [0, 0.05) is 35.3 Å². The maximum absolute atomic E-state index is 13.1. The normalized spacial score (nSPS) is 18.6. The van der Waals surface area contributed by atoms with Crippen molar-refractivity contribution in [2.45, 2.75) is 12.3 Å². The number of carbonyl (C=O) groups is 2. The molecule has 5 heteroatoms. The molecule has 3 aromatic rings. The van der Waals surface area contributed by atoms with Gasteiger partial charge in [-0.2, -0.15) is 0 Å². The molecule has 1 saturated heterocycles. The van der Waals surface area contributed by atoms with Crippen molar-refractivity contribution in [2.24, 2.45) is 5.92 Å². The standard InChI is InChI=1S/C25H23ClN2O2/c26-22-11-13-23(14-12-22)27-24(29)21-15-20(18-7-3-1-4-8-18)16-28(17-21)25(30)19-9-5-2-6-10-19/h1-14,20-21H,15-17H2,(H,27,29). The Hall–Kier alpha value is -3.11. The minimum atomic E-state index is -0.299. The SMILES string of the molecule is O=C(Nc1ccc(Cl)cc1)C1CC(c2ccccc2)CN(C(=O)c2ccccc2)C1. The fourth-order valence-corrected chi connectivity index (χ4v) is 4.09. The predicted molar refractivity (Wildman–Crippen MR) is 120 cm³/mol. The van der Waals surface area contributed by atoms with Gasteiger partial charge in [0.25, 0.3) is 5.91 Å². The summed E-state index contributed by atoms with van der Waals surface area (Å²) in [6, 6.07) is 26.4. The average molecular weight is 419 g/mol. The summed E-state index contributed by atoms with van der Waals surface area (Å²) in [6.45, 7) is 0.999. The van der Waals surface area contributed by atoms with Crippen molar-refractivity contribution in [2.75, 3.05) is 18.4 Å². The quantitative estimate of drug-likeness (QED) is 0.631. The number of anilines is 1. The van der Waals surface area contributed by atoms with Gasteiger partial charge in [-0.3, -0.25) is 9.59 Å². The van der Waals surface area contributed by atoms with E-state index in [2.05, 4.69) is 17.4 Å². The van der Waals surface area contributed by atoms with Gasteiger partial charge >= 0.3 is 0 Å². The number of hydrogen-bond donors (Lipinski definition) is 1. The van der Waals surface area contributed by atoms with Gasteiger partial charge in [0.2, 0.25) is 5.91 Å². The van der Waals surface area contributed by atoms with E-state index in [1.54, 1.807) is 24.3 Å². The first-order valence-corrected chi connectivity index (χ1v) is 10.4. The Bertz CT molecular complexity index is 1010. The molecule has 0 saturated carbocycles. The third kappa shape index (κ3) is 4.71. The zero-order valence-electron chi connectivity index (χ0n) is 16.5. The van der Waals surface area contributed by atoms with Crippen molar-refractivity contribution in [3.8, 4) is 0 Å². The first-order valence-electron chi connectivity index (χ1n) is 10.1. The van der Waals surface area contributed by atoms with Gasteiger partial charge in [0.05, 0.1) is 5.92 Å². The number of piperidine rings is 1. The zero-order chi connectivity index (χ0) is 20.9. The number of nitrogens with one attached hydrogen (secondary N) is 1. The largest absolute Gasteiger partial charge is 0.337 e. The molecule has 4 nitrogen and oxygen atoms in total. The molecule has 0 aliphatic carbocycles. The molecule has 1 aliphatic rings. The monoisotopic (exact) mass is 418 g/mol. The lowest BCUT2D eigenvalue weighted by Gasteiger charge is -2.37. The summed E-state index contributed by atoms with van der Waals surface area (Å²) in [5.74, 6) is -0.315. The molecule has 0 aromatic heterocycles. The molecule has 1 fully saturated rings. The molecule has 152 valence electrons. The third-order valence-electron chi connectivity index (χ3n) is 5.51. The number of likely N-dealkylation sites (tertiary alicyclic amines) is 1. The summed E-state index contributed by atoms with van der Waals surface area (Å²) < 4.78 is 0. The highest BCUT2D eigenvalue weighted by Crippen LogP contribution is 2.32. The molecule has 2 unspecified atom stereocenters. The van der Waals surface area contributed by atoms with Crippen molar-refractivity contribution in [1.82, 2.24) is 4.90 Å². The molecule has 0 radical (unpaired) electrons. The lowest BCUT2D eigenvalue weighted by molar-refractivity contribution is -0.121. The Morgan fingerprint density at radius 1 is 0.833 bits per heavy atom. The van der Waals surface area contributed by atoms with Gasteiger partial charge in [-0.25, -0.2) is 0 Å². The second-order valence-electron chi connectivity index (χ2n) is 7.61. The van der Waals surface area contributed by atoms with Crippen LogP contribution in [0.5, 0.6) is 0 Å². The number of benzene rings is 3. The number of halogens is 1. The molecule has 1 aliphatic heterocycles. The fourth-order valence-electron chi connectivity index (χ4n) is 3.96. The molecule has 3 aromatic carbocycles. The Balaban J connectivity index is 1.56. The second-order valence-corrected chi connectivity index (χ2v) is 8.05. The van der Waals surface area contributed by atoms with Gasteiger partial charge in [-0.1, -0.05) is 60.1 Å². The highest BCUT2D eigenvalue weighted by molar-refractivity contribution is 6.30. The van der Waals surface area contributed by atoms with E-state index in [-0.39, 0.29) is 23.7 Å². The fraction of sp³-hybridized carbons (Fsp3) is 0.200. The number of rotatable bonds is 4. The van der Waals surface area contributed by atoms with E-state index in [0.29, 0.717) is 35.8 Å². The maximum Gasteiger partial charge on any atom is 0.253 e. The van der Waals surface area contributed by atoms with Gasteiger partial charge in [0.1, 0.15) is 0 Å². The second kappa shape index (κ2) is 9.14. The summed E-state index contributed by atoms with van der Waals surface area (Å²) in [5.41, 5.74) is 2.49. The van der Waals surface area contributed by atoms with E-state index in [1.165, 1.54) is 0 Å². The van der Waals surface area contributed by atoms with Crippen LogP contribution in [0.2, 0.25) is 5.02 Å². The summed E-state index contributed by atoms with van der Waals surface area (Å²) >= 11 is 5.94. The van der Waals surface area contributed by atoms with Gasteiger partial charge in [-0.15, -0.1) is 0 Å². The van der Waals surface area contributed by atoms with Crippen molar-refractivity contribution >= 4 is 29.1 Å². The first-order chi connectivity index (χ1) is 14.6. The van der Waals surface area contributed by atoms with Crippen LogP contribution in [0.1, 0.15) is 28.3 Å². The number of amides is 2. The lowest BCUT2D eigenvalue weighted by Crippen LogP contribution is -2.46. The third-order valence-corrected chi connectivity index (χ3v) is 5.76. The summed E-state index contributed by atoms with van der Waals surface area (Å²) in [5, 5.41) is 3.59. The van der Waals surface area contributed by atoms with Gasteiger partial charge < -0.3 is 10.2 Å². The summed E-state index contributed by atoms with van der Waals surface area (Å²) in [7, 11) is 0. The molecule has 1 heterocycles. The maximum atomic E-state index is 13.1. The van der Waals surface area contributed by atoms with Crippen molar-refractivity contribution < 1.29 is 9.59 Å². The van der Waals surface area contributed by atoms with Crippen LogP contribution in [0, 0.1) is 5.92 Å². The van der Waals surface area contributed by atoms with E-state index in [1.807, 2.05) is 53.4 Å².